The fourth-order valence-electron chi connectivity index (χ4n) is 2.21. The standard InChI is InChI=1S/C20H27N3O2/c1-3-21-20(22-13-14-24-2)23-15-17-9-11-18(12-10-17)16-25-19-7-5-4-6-8-19/h4-12H,3,13-16H2,1-2H3,(H2,21,22,23). The minimum atomic E-state index is 0.564. The van der Waals surface area contributed by atoms with Crippen LogP contribution < -0.4 is 15.4 Å². The smallest absolute Gasteiger partial charge is 0.191 e. The molecule has 0 aromatic heterocycles. The van der Waals surface area contributed by atoms with Crippen molar-refractivity contribution in [2.24, 2.45) is 4.99 Å². The summed E-state index contributed by atoms with van der Waals surface area (Å²) in [7, 11) is 1.69. The maximum absolute atomic E-state index is 5.76. The van der Waals surface area contributed by atoms with Crippen LogP contribution in [0.2, 0.25) is 0 Å². The monoisotopic (exact) mass is 341 g/mol. The maximum Gasteiger partial charge on any atom is 0.191 e. The Morgan fingerprint density at radius 3 is 2.36 bits per heavy atom. The molecular weight excluding hydrogens is 314 g/mol. The molecule has 0 radical (unpaired) electrons. The molecule has 0 spiro atoms. The Hall–Kier alpha value is -2.53. The SMILES string of the molecule is CCNC(=NCc1ccc(COc2ccccc2)cc1)NCCOC. The fourth-order valence-corrected chi connectivity index (χ4v) is 2.21. The average Bonchev–Trinajstić information content (AvgIpc) is 2.66. The highest BCUT2D eigenvalue weighted by Gasteiger charge is 1.99. The highest BCUT2D eigenvalue weighted by molar-refractivity contribution is 5.79. The van der Waals surface area contributed by atoms with Crippen molar-refractivity contribution in [2.75, 3.05) is 26.8 Å². The third-order valence-corrected chi connectivity index (χ3v) is 3.53. The number of nitrogens with zero attached hydrogens (tertiary/aromatic N) is 1. The zero-order valence-corrected chi connectivity index (χ0v) is 15.0. The first kappa shape index (κ1) is 18.8. The number of nitrogens with one attached hydrogen (secondary N) is 2. The first-order valence-electron chi connectivity index (χ1n) is 8.58. The van der Waals surface area contributed by atoms with Crippen LogP contribution in [0.25, 0.3) is 0 Å². The van der Waals surface area contributed by atoms with Gasteiger partial charge in [0.2, 0.25) is 0 Å². The Kier molecular flexibility index (Phi) is 8.35. The molecule has 2 aromatic carbocycles. The molecule has 0 saturated heterocycles. The molecule has 0 atom stereocenters. The molecule has 134 valence electrons. The van der Waals surface area contributed by atoms with Crippen molar-refractivity contribution < 1.29 is 9.47 Å². The molecule has 0 unspecified atom stereocenters. The number of para-hydroxylation sites is 1. The largest absolute Gasteiger partial charge is 0.489 e. The average molecular weight is 341 g/mol. The topological polar surface area (TPSA) is 54.9 Å². The van der Waals surface area contributed by atoms with E-state index >= 15 is 0 Å². The zero-order chi connectivity index (χ0) is 17.7. The Bertz CT molecular complexity index is 627. The van der Waals surface area contributed by atoms with E-state index in [-0.39, 0.29) is 0 Å². The van der Waals surface area contributed by atoms with Gasteiger partial charge in [0.1, 0.15) is 12.4 Å². The summed E-state index contributed by atoms with van der Waals surface area (Å²) in [5.74, 6) is 1.68. The normalized spacial score (nSPS) is 11.2. The van der Waals surface area contributed by atoms with Crippen LogP contribution in [0.4, 0.5) is 0 Å². The van der Waals surface area contributed by atoms with Crippen molar-refractivity contribution in [3.8, 4) is 5.75 Å². The van der Waals surface area contributed by atoms with Crippen molar-refractivity contribution in [3.05, 3.63) is 65.7 Å². The third-order valence-electron chi connectivity index (χ3n) is 3.53. The van der Waals surface area contributed by atoms with Crippen molar-refractivity contribution in [1.82, 2.24) is 10.6 Å². The van der Waals surface area contributed by atoms with Gasteiger partial charge in [0, 0.05) is 20.2 Å². The molecule has 25 heavy (non-hydrogen) atoms. The first-order chi connectivity index (χ1) is 12.3. The number of hydrogen-bond acceptors (Lipinski definition) is 3. The van der Waals surface area contributed by atoms with E-state index < -0.39 is 0 Å². The Balaban J connectivity index is 1.84. The Morgan fingerprint density at radius 2 is 1.68 bits per heavy atom. The number of methoxy groups -OCH3 is 1. The van der Waals surface area contributed by atoms with Crippen molar-refractivity contribution in [1.29, 1.82) is 0 Å². The predicted octanol–water partition coefficient (Wildman–Crippen LogP) is 2.97. The van der Waals surface area contributed by atoms with Crippen LogP contribution in [0, 0.1) is 0 Å². The van der Waals surface area contributed by atoms with Gasteiger partial charge in [0.25, 0.3) is 0 Å². The number of rotatable bonds is 9. The lowest BCUT2D eigenvalue weighted by Gasteiger charge is -2.11. The quantitative estimate of drug-likeness (QED) is 0.418. The molecule has 0 aliphatic carbocycles. The summed E-state index contributed by atoms with van der Waals surface area (Å²) in [5.41, 5.74) is 2.30. The summed E-state index contributed by atoms with van der Waals surface area (Å²) in [5, 5.41) is 6.46. The summed E-state index contributed by atoms with van der Waals surface area (Å²) in [6.07, 6.45) is 0. The lowest BCUT2D eigenvalue weighted by atomic mass is 10.1. The van der Waals surface area contributed by atoms with Gasteiger partial charge in [-0.3, -0.25) is 0 Å². The summed E-state index contributed by atoms with van der Waals surface area (Å²) in [6.45, 7) is 5.46. The maximum atomic E-state index is 5.76. The number of aliphatic imine (C=N–C) groups is 1. The minimum Gasteiger partial charge on any atom is -0.489 e. The minimum absolute atomic E-state index is 0.564. The molecular formula is C20H27N3O2. The van der Waals surface area contributed by atoms with Crippen LogP contribution in [-0.2, 0) is 17.9 Å². The molecule has 0 saturated carbocycles. The van der Waals surface area contributed by atoms with Crippen LogP contribution in [0.15, 0.2) is 59.6 Å². The van der Waals surface area contributed by atoms with Gasteiger partial charge in [-0.2, -0.15) is 0 Å². The lowest BCUT2D eigenvalue weighted by Crippen LogP contribution is -2.38. The molecule has 0 aliphatic heterocycles. The summed E-state index contributed by atoms with van der Waals surface area (Å²) in [4.78, 5) is 4.59. The summed E-state index contributed by atoms with van der Waals surface area (Å²) >= 11 is 0. The van der Waals surface area contributed by atoms with E-state index in [9.17, 15) is 0 Å². The number of ether oxygens (including phenoxy) is 2. The van der Waals surface area contributed by atoms with Gasteiger partial charge in [-0.15, -0.1) is 0 Å². The van der Waals surface area contributed by atoms with E-state index in [2.05, 4.69) is 46.8 Å². The second-order valence-corrected chi connectivity index (χ2v) is 5.53. The van der Waals surface area contributed by atoms with E-state index in [4.69, 9.17) is 9.47 Å². The number of guanidine groups is 1. The van der Waals surface area contributed by atoms with Crippen molar-refractivity contribution in [2.45, 2.75) is 20.1 Å². The number of benzene rings is 2. The Morgan fingerprint density at radius 1 is 0.960 bits per heavy atom. The molecule has 0 heterocycles. The molecule has 5 heteroatoms. The highest BCUT2D eigenvalue weighted by Crippen LogP contribution is 2.12. The second-order valence-electron chi connectivity index (χ2n) is 5.53. The van der Waals surface area contributed by atoms with E-state index in [0.29, 0.717) is 19.8 Å². The molecule has 2 N–H and O–H groups in total. The molecule has 0 bridgehead atoms. The molecule has 5 nitrogen and oxygen atoms in total. The second kappa shape index (κ2) is 11.1. The van der Waals surface area contributed by atoms with Crippen molar-refractivity contribution in [3.63, 3.8) is 0 Å². The zero-order valence-electron chi connectivity index (χ0n) is 15.0. The van der Waals surface area contributed by atoms with Gasteiger partial charge in [-0.25, -0.2) is 4.99 Å². The van der Waals surface area contributed by atoms with Crippen molar-refractivity contribution >= 4 is 5.96 Å². The summed E-state index contributed by atoms with van der Waals surface area (Å²) < 4.78 is 10.8. The van der Waals surface area contributed by atoms with Gasteiger partial charge < -0.3 is 20.1 Å². The molecule has 2 aromatic rings. The van der Waals surface area contributed by atoms with Crippen LogP contribution in [0.5, 0.6) is 5.75 Å². The van der Waals surface area contributed by atoms with Crippen LogP contribution in [-0.4, -0.2) is 32.8 Å². The first-order valence-corrected chi connectivity index (χ1v) is 8.58. The molecule has 0 amide bonds. The van der Waals surface area contributed by atoms with E-state index in [1.54, 1.807) is 7.11 Å². The van der Waals surface area contributed by atoms with E-state index in [1.807, 2.05) is 30.3 Å². The van der Waals surface area contributed by atoms with Crippen LogP contribution >= 0.6 is 0 Å². The molecule has 0 fully saturated rings. The van der Waals surface area contributed by atoms with Crippen LogP contribution in [0.1, 0.15) is 18.1 Å². The predicted molar refractivity (Wildman–Crippen MR) is 102 cm³/mol. The highest BCUT2D eigenvalue weighted by atomic mass is 16.5. The van der Waals surface area contributed by atoms with Gasteiger partial charge in [0.05, 0.1) is 13.2 Å². The van der Waals surface area contributed by atoms with Gasteiger partial charge >= 0.3 is 0 Å². The third kappa shape index (κ3) is 7.27. The number of hydrogen-bond donors (Lipinski definition) is 2. The molecule has 0 aliphatic rings. The van der Waals surface area contributed by atoms with Crippen LogP contribution in [0.3, 0.4) is 0 Å². The van der Waals surface area contributed by atoms with E-state index in [0.717, 1.165) is 35.9 Å². The fraction of sp³-hybridized carbons (Fsp3) is 0.350. The van der Waals surface area contributed by atoms with Gasteiger partial charge in [-0.1, -0.05) is 42.5 Å². The molecule has 2 rings (SSSR count). The van der Waals surface area contributed by atoms with Gasteiger partial charge in [-0.05, 0) is 30.2 Å². The Labute approximate surface area is 150 Å². The van der Waals surface area contributed by atoms with Gasteiger partial charge in [0.15, 0.2) is 5.96 Å². The summed E-state index contributed by atoms with van der Waals surface area (Å²) in [6, 6.07) is 18.2. The lowest BCUT2D eigenvalue weighted by molar-refractivity contribution is 0.203. The van der Waals surface area contributed by atoms with E-state index in [1.165, 1.54) is 0 Å².